The molecule has 0 radical (unpaired) electrons. The second-order valence-electron chi connectivity index (χ2n) is 8.51. The van der Waals surface area contributed by atoms with Crippen molar-refractivity contribution >= 4 is 5.91 Å². The molecule has 0 N–H and O–H groups in total. The minimum Gasteiger partial charge on any atom is -0.336 e. The van der Waals surface area contributed by atoms with E-state index in [1.165, 1.54) is 31.2 Å². The number of nitrogens with zero attached hydrogens (tertiary/aromatic N) is 2. The van der Waals surface area contributed by atoms with Crippen molar-refractivity contribution in [1.82, 2.24) is 9.80 Å². The first-order chi connectivity index (χ1) is 13.3. The normalized spacial score (nSPS) is 27.9. The largest absolute Gasteiger partial charge is 0.336 e. The summed E-state index contributed by atoms with van der Waals surface area (Å²) in [6, 6.07) is 19.2. The van der Waals surface area contributed by atoms with Gasteiger partial charge in [-0.1, -0.05) is 48.9 Å². The minimum atomic E-state index is 0.183. The van der Waals surface area contributed by atoms with E-state index in [0.717, 1.165) is 55.2 Å². The van der Waals surface area contributed by atoms with E-state index in [-0.39, 0.29) is 5.91 Å². The first-order valence-corrected chi connectivity index (χ1v) is 10.5. The molecule has 3 aliphatic rings. The second-order valence-corrected chi connectivity index (χ2v) is 8.51. The molecule has 140 valence electrons. The van der Waals surface area contributed by atoms with Gasteiger partial charge in [0.05, 0.1) is 0 Å². The zero-order valence-electron chi connectivity index (χ0n) is 15.9. The van der Waals surface area contributed by atoms with Crippen molar-refractivity contribution < 1.29 is 4.79 Å². The highest BCUT2D eigenvalue weighted by Gasteiger charge is 2.42. The van der Waals surface area contributed by atoms with E-state index >= 15 is 0 Å². The standard InChI is InChI=1S/C24H28N2O/c27-24(21-10-8-20(9-11-21)19-4-2-1-3-5-19)26-14-12-25(13-15-26)23-17-18-6-7-22(23)16-18/h1-5,8-11,18,22-23H,6-7,12-17H2/t18-,22+,23+/m0/s1. The van der Waals surface area contributed by atoms with E-state index < -0.39 is 0 Å². The third kappa shape index (κ3) is 3.29. The van der Waals surface area contributed by atoms with Crippen molar-refractivity contribution in [2.24, 2.45) is 11.8 Å². The number of hydrogen-bond acceptors (Lipinski definition) is 2. The predicted octanol–water partition coefficient (Wildman–Crippen LogP) is 4.30. The maximum Gasteiger partial charge on any atom is 0.253 e. The quantitative estimate of drug-likeness (QED) is 0.815. The molecule has 2 saturated carbocycles. The van der Waals surface area contributed by atoms with Crippen molar-refractivity contribution in [1.29, 1.82) is 0 Å². The van der Waals surface area contributed by atoms with Crippen molar-refractivity contribution in [2.45, 2.75) is 31.7 Å². The molecule has 0 spiro atoms. The zero-order chi connectivity index (χ0) is 18.2. The summed E-state index contributed by atoms with van der Waals surface area (Å²) in [5.41, 5.74) is 3.16. The van der Waals surface area contributed by atoms with Gasteiger partial charge >= 0.3 is 0 Å². The monoisotopic (exact) mass is 360 g/mol. The summed E-state index contributed by atoms with van der Waals surface area (Å²) in [6.45, 7) is 3.82. The molecule has 3 nitrogen and oxygen atoms in total. The molecule has 2 aromatic rings. The van der Waals surface area contributed by atoms with Crippen LogP contribution in [0, 0.1) is 11.8 Å². The summed E-state index contributed by atoms with van der Waals surface area (Å²) < 4.78 is 0. The summed E-state index contributed by atoms with van der Waals surface area (Å²) in [6.07, 6.45) is 5.75. The Balaban J connectivity index is 1.21. The molecule has 0 aromatic heterocycles. The number of carbonyl (C=O) groups is 1. The predicted molar refractivity (Wildman–Crippen MR) is 109 cm³/mol. The van der Waals surface area contributed by atoms with Crippen molar-refractivity contribution in [2.75, 3.05) is 26.2 Å². The van der Waals surface area contributed by atoms with Crippen LogP contribution in [0.25, 0.3) is 11.1 Å². The Labute approximate surface area is 162 Å². The van der Waals surface area contributed by atoms with Crippen molar-refractivity contribution in [3.05, 3.63) is 60.2 Å². The smallest absolute Gasteiger partial charge is 0.253 e. The van der Waals surface area contributed by atoms with Gasteiger partial charge in [0.1, 0.15) is 0 Å². The lowest BCUT2D eigenvalue weighted by Gasteiger charge is -2.41. The molecule has 0 unspecified atom stereocenters. The average Bonchev–Trinajstić information content (AvgIpc) is 3.38. The summed E-state index contributed by atoms with van der Waals surface area (Å²) >= 11 is 0. The zero-order valence-corrected chi connectivity index (χ0v) is 15.9. The van der Waals surface area contributed by atoms with Crippen molar-refractivity contribution in [3.63, 3.8) is 0 Å². The maximum absolute atomic E-state index is 12.9. The molecule has 3 fully saturated rings. The van der Waals surface area contributed by atoms with Crippen LogP contribution in [0.2, 0.25) is 0 Å². The molecule has 2 aliphatic carbocycles. The fourth-order valence-corrected chi connectivity index (χ4v) is 5.53. The van der Waals surface area contributed by atoms with Gasteiger partial charge in [-0.15, -0.1) is 0 Å². The number of benzene rings is 2. The molecule has 1 heterocycles. The molecule has 27 heavy (non-hydrogen) atoms. The van der Waals surface area contributed by atoms with Crippen LogP contribution in [-0.2, 0) is 0 Å². The van der Waals surface area contributed by atoms with Crippen molar-refractivity contribution in [3.8, 4) is 11.1 Å². The Hall–Kier alpha value is -2.13. The van der Waals surface area contributed by atoms with Crippen LogP contribution in [-0.4, -0.2) is 47.9 Å². The number of carbonyl (C=O) groups excluding carboxylic acids is 1. The molecular weight excluding hydrogens is 332 g/mol. The Morgan fingerprint density at radius 3 is 2.11 bits per heavy atom. The maximum atomic E-state index is 12.9. The molecule has 1 aliphatic heterocycles. The van der Waals surface area contributed by atoms with Crippen LogP contribution < -0.4 is 0 Å². The van der Waals surface area contributed by atoms with Crippen LogP contribution in [0.3, 0.4) is 0 Å². The lowest BCUT2D eigenvalue weighted by molar-refractivity contribution is 0.0496. The second kappa shape index (κ2) is 7.12. The van der Waals surface area contributed by atoms with Crippen LogP contribution >= 0.6 is 0 Å². The topological polar surface area (TPSA) is 23.6 Å². The lowest BCUT2D eigenvalue weighted by Crippen LogP contribution is -2.53. The number of amides is 1. The van der Waals surface area contributed by atoms with Gasteiger partial charge in [0, 0.05) is 37.8 Å². The number of piperazine rings is 1. The molecule has 2 aromatic carbocycles. The summed E-state index contributed by atoms with van der Waals surface area (Å²) in [4.78, 5) is 17.6. The Kier molecular flexibility index (Phi) is 4.48. The molecular formula is C24H28N2O. The van der Waals surface area contributed by atoms with E-state index in [1.54, 1.807) is 0 Å². The van der Waals surface area contributed by atoms with Crippen LogP contribution in [0.4, 0.5) is 0 Å². The van der Waals surface area contributed by atoms with Gasteiger partial charge in [-0.3, -0.25) is 9.69 Å². The molecule has 2 bridgehead atoms. The molecule has 3 atom stereocenters. The summed E-state index contributed by atoms with van der Waals surface area (Å²) in [5, 5.41) is 0. The van der Waals surface area contributed by atoms with Gasteiger partial charge in [-0.2, -0.15) is 0 Å². The van der Waals surface area contributed by atoms with E-state index in [0.29, 0.717) is 0 Å². The SMILES string of the molecule is O=C(c1ccc(-c2ccccc2)cc1)N1CCN([C@@H]2C[C@H]3CC[C@@H]2C3)CC1. The first kappa shape index (κ1) is 17.0. The van der Waals surface area contributed by atoms with E-state index in [9.17, 15) is 4.79 Å². The Morgan fingerprint density at radius 1 is 0.778 bits per heavy atom. The minimum absolute atomic E-state index is 0.183. The van der Waals surface area contributed by atoms with Gasteiger partial charge in [0.25, 0.3) is 5.91 Å². The molecule has 1 saturated heterocycles. The molecule has 1 amide bonds. The van der Waals surface area contributed by atoms with E-state index in [4.69, 9.17) is 0 Å². The Bertz CT molecular complexity index is 793. The summed E-state index contributed by atoms with van der Waals surface area (Å²) in [7, 11) is 0. The number of fused-ring (bicyclic) bond motifs is 2. The van der Waals surface area contributed by atoms with Crippen LogP contribution in [0.1, 0.15) is 36.0 Å². The van der Waals surface area contributed by atoms with E-state index in [2.05, 4.69) is 29.2 Å². The molecule has 5 rings (SSSR count). The third-order valence-electron chi connectivity index (χ3n) is 7.01. The van der Waals surface area contributed by atoms with Gasteiger partial charge < -0.3 is 4.90 Å². The third-order valence-corrected chi connectivity index (χ3v) is 7.01. The summed E-state index contributed by atoms with van der Waals surface area (Å²) in [5.74, 6) is 2.10. The average molecular weight is 361 g/mol. The highest BCUT2D eigenvalue weighted by atomic mass is 16.2. The lowest BCUT2D eigenvalue weighted by atomic mass is 9.93. The number of hydrogen-bond donors (Lipinski definition) is 0. The van der Waals surface area contributed by atoms with Gasteiger partial charge in [0.2, 0.25) is 0 Å². The van der Waals surface area contributed by atoms with Crippen LogP contribution in [0.5, 0.6) is 0 Å². The van der Waals surface area contributed by atoms with E-state index in [1.807, 2.05) is 35.2 Å². The fourth-order valence-electron chi connectivity index (χ4n) is 5.53. The van der Waals surface area contributed by atoms with Gasteiger partial charge in [-0.05, 0) is 54.4 Å². The molecule has 3 heteroatoms. The highest BCUT2D eigenvalue weighted by Crippen LogP contribution is 2.46. The van der Waals surface area contributed by atoms with Gasteiger partial charge in [0.15, 0.2) is 0 Å². The van der Waals surface area contributed by atoms with Gasteiger partial charge in [-0.25, -0.2) is 0 Å². The number of rotatable bonds is 3. The highest BCUT2D eigenvalue weighted by molar-refractivity contribution is 5.94. The first-order valence-electron chi connectivity index (χ1n) is 10.5. The fraction of sp³-hybridized carbons (Fsp3) is 0.458. The van der Waals surface area contributed by atoms with Crippen LogP contribution in [0.15, 0.2) is 54.6 Å². The Morgan fingerprint density at radius 2 is 1.48 bits per heavy atom.